The van der Waals surface area contributed by atoms with Crippen LogP contribution in [0.1, 0.15) is 206 Å². The molecule has 2 atom stereocenters. The van der Waals surface area contributed by atoms with Crippen LogP contribution in [0.15, 0.2) is 60.8 Å². The third kappa shape index (κ3) is 47.0. The third-order valence-corrected chi connectivity index (χ3v) is 11.3. The first-order valence-corrected chi connectivity index (χ1v) is 26.1. The standard InChI is InChI=1S/C51H92NO8P/c1-5-7-9-11-13-15-17-19-21-23-25-27-29-31-33-35-37-39-41-43-50(53)57-47-49(48-59-61(55,56)58-46-45-52(3)4)60-51(54)44-42-40-38-36-34-32-30-28-26-24-22-20-18-16-14-12-10-8-6-2/h13,15,19-22,25,27,31,33,49H,5-12,14,16-18,23-24,26,28-30,32,34-48H2,1-4H3,(H,55,56)/b15-13-,21-19-,22-20-,27-25-,33-31-. The number of rotatable bonds is 45. The first kappa shape index (κ1) is 58.7. The first-order valence-electron chi connectivity index (χ1n) is 24.6. The van der Waals surface area contributed by atoms with Gasteiger partial charge in [-0.2, -0.15) is 0 Å². The molecule has 2 unspecified atom stereocenters. The molecule has 0 aliphatic carbocycles. The molecule has 0 rings (SSSR count). The van der Waals surface area contributed by atoms with E-state index < -0.39 is 32.5 Å². The second-order valence-electron chi connectivity index (χ2n) is 16.6. The van der Waals surface area contributed by atoms with Crippen LogP contribution < -0.4 is 0 Å². The molecule has 0 fully saturated rings. The highest BCUT2D eigenvalue weighted by Crippen LogP contribution is 2.43. The summed E-state index contributed by atoms with van der Waals surface area (Å²) in [6.45, 7) is 4.26. The summed E-state index contributed by atoms with van der Waals surface area (Å²) in [5.41, 5.74) is 0. The molecule has 0 spiro atoms. The molecule has 61 heavy (non-hydrogen) atoms. The highest BCUT2D eigenvalue weighted by Gasteiger charge is 2.26. The van der Waals surface area contributed by atoms with E-state index in [9.17, 15) is 19.0 Å². The fourth-order valence-corrected chi connectivity index (χ4v) is 7.23. The number of ether oxygens (including phenoxy) is 2. The second kappa shape index (κ2) is 45.7. The van der Waals surface area contributed by atoms with E-state index in [1.54, 1.807) is 0 Å². The summed E-state index contributed by atoms with van der Waals surface area (Å²) >= 11 is 0. The number of hydrogen-bond donors (Lipinski definition) is 1. The fourth-order valence-electron chi connectivity index (χ4n) is 6.49. The summed E-state index contributed by atoms with van der Waals surface area (Å²) in [5.74, 6) is -0.840. The average molecular weight is 878 g/mol. The first-order chi connectivity index (χ1) is 29.7. The number of likely N-dealkylation sites (N-methyl/N-ethyl adjacent to an activating group) is 1. The normalized spacial score (nSPS) is 13.8. The fraction of sp³-hybridized carbons (Fsp3) is 0.765. The van der Waals surface area contributed by atoms with Crippen molar-refractivity contribution in [3.63, 3.8) is 0 Å². The summed E-state index contributed by atoms with van der Waals surface area (Å²) < 4.78 is 33.6. The van der Waals surface area contributed by atoms with Crippen LogP contribution in [0.5, 0.6) is 0 Å². The Morgan fingerprint density at radius 3 is 1.38 bits per heavy atom. The van der Waals surface area contributed by atoms with Gasteiger partial charge >= 0.3 is 19.8 Å². The van der Waals surface area contributed by atoms with Gasteiger partial charge in [-0.25, -0.2) is 4.57 Å². The number of unbranched alkanes of at least 4 members (excludes halogenated alkanes) is 21. The molecule has 10 heteroatoms. The number of carbonyl (C=O) groups excluding carboxylic acids is 2. The molecule has 354 valence electrons. The Bertz CT molecular complexity index is 1200. The maximum Gasteiger partial charge on any atom is 0.472 e. The number of phosphoric acid groups is 1. The number of allylic oxidation sites excluding steroid dienone is 10. The van der Waals surface area contributed by atoms with Crippen molar-refractivity contribution in [1.29, 1.82) is 0 Å². The molecule has 0 heterocycles. The van der Waals surface area contributed by atoms with Crippen LogP contribution in [0, 0.1) is 0 Å². The predicted octanol–water partition coefficient (Wildman–Crippen LogP) is 14.7. The summed E-state index contributed by atoms with van der Waals surface area (Å²) in [6.07, 6.45) is 54.1. The molecule has 0 bridgehead atoms. The Labute approximate surface area is 374 Å². The molecule has 9 nitrogen and oxygen atoms in total. The number of phosphoric ester groups is 1. The number of esters is 2. The Hall–Kier alpha value is -2.29. The van der Waals surface area contributed by atoms with E-state index in [-0.39, 0.29) is 26.1 Å². The Kier molecular flexibility index (Phi) is 44.0. The number of carbonyl (C=O) groups is 2. The number of nitrogens with zero attached hydrogens (tertiary/aromatic N) is 1. The van der Waals surface area contributed by atoms with E-state index in [0.29, 0.717) is 19.4 Å². The van der Waals surface area contributed by atoms with Crippen LogP contribution in [-0.2, 0) is 32.7 Å². The lowest BCUT2D eigenvalue weighted by molar-refractivity contribution is -0.161. The molecule has 0 amide bonds. The van der Waals surface area contributed by atoms with Gasteiger partial charge in [-0.1, -0.05) is 171 Å². The Morgan fingerprint density at radius 1 is 0.508 bits per heavy atom. The van der Waals surface area contributed by atoms with Crippen LogP contribution in [0.4, 0.5) is 0 Å². The van der Waals surface area contributed by atoms with Crippen LogP contribution >= 0.6 is 7.82 Å². The zero-order valence-corrected chi connectivity index (χ0v) is 40.5. The van der Waals surface area contributed by atoms with Crippen LogP contribution in [-0.4, -0.2) is 68.3 Å². The van der Waals surface area contributed by atoms with Gasteiger partial charge in [0.2, 0.25) is 0 Å². The molecule has 0 aromatic carbocycles. The van der Waals surface area contributed by atoms with E-state index >= 15 is 0 Å². The van der Waals surface area contributed by atoms with Crippen molar-refractivity contribution in [2.75, 3.05) is 40.5 Å². The largest absolute Gasteiger partial charge is 0.472 e. The maximum absolute atomic E-state index is 12.7. The van der Waals surface area contributed by atoms with E-state index in [0.717, 1.165) is 57.8 Å². The molecule has 0 aromatic heterocycles. The zero-order chi connectivity index (χ0) is 44.8. The van der Waals surface area contributed by atoms with Gasteiger partial charge in [-0.15, -0.1) is 0 Å². The Balaban J connectivity index is 4.28. The highest BCUT2D eigenvalue weighted by atomic mass is 31.2. The molecule has 0 saturated heterocycles. The third-order valence-electron chi connectivity index (χ3n) is 10.3. The van der Waals surface area contributed by atoms with Gasteiger partial charge in [-0.3, -0.25) is 18.6 Å². The van der Waals surface area contributed by atoms with Crippen LogP contribution in [0.3, 0.4) is 0 Å². The molecular formula is C51H92NO8P. The topological polar surface area (TPSA) is 112 Å². The van der Waals surface area contributed by atoms with Gasteiger partial charge in [-0.05, 0) is 97.6 Å². The Morgan fingerprint density at radius 2 is 0.885 bits per heavy atom. The van der Waals surface area contributed by atoms with Crippen molar-refractivity contribution >= 4 is 19.8 Å². The molecule has 1 N–H and O–H groups in total. The molecule has 0 aliphatic rings. The van der Waals surface area contributed by atoms with Gasteiger partial charge in [0, 0.05) is 19.4 Å². The minimum Gasteiger partial charge on any atom is -0.462 e. The molecule has 0 radical (unpaired) electrons. The predicted molar refractivity (Wildman–Crippen MR) is 257 cm³/mol. The molecule has 0 aromatic rings. The smallest absolute Gasteiger partial charge is 0.462 e. The average Bonchev–Trinajstić information content (AvgIpc) is 3.23. The van der Waals surface area contributed by atoms with Crippen LogP contribution in [0.25, 0.3) is 0 Å². The van der Waals surface area contributed by atoms with Gasteiger partial charge < -0.3 is 19.3 Å². The summed E-state index contributed by atoms with van der Waals surface area (Å²) in [6, 6.07) is 0. The van der Waals surface area contributed by atoms with E-state index in [4.69, 9.17) is 18.5 Å². The number of hydrogen-bond acceptors (Lipinski definition) is 8. The van der Waals surface area contributed by atoms with Gasteiger partial charge in [0.25, 0.3) is 0 Å². The second-order valence-corrected chi connectivity index (χ2v) is 18.1. The lowest BCUT2D eigenvalue weighted by Crippen LogP contribution is -2.29. The van der Waals surface area contributed by atoms with Crippen LogP contribution in [0.2, 0.25) is 0 Å². The monoisotopic (exact) mass is 878 g/mol. The zero-order valence-electron chi connectivity index (χ0n) is 39.6. The van der Waals surface area contributed by atoms with Crippen molar-refractivity contribution < 1.29 is 37.6 Å². The van der Waals surface area contributed by atoms with Gasteiger partial charge in [0.15, 0.2) is 6.10 Å². The van der Waals surface area contributed by atoms with Crippen molar-refractivity contribution in [2.45, 2.75) is 213 Å². The SMILES string of the molecule is CCCCC/C=C\C/C=C\C/C=C\C/C=C\CCCCCC(=O)OCC(COP(=O)(O)OCCN(C)C)OC(=O)CCCCCCCCCCC/C=C\CCCCCCCC. The molecular weight excluding hydrogens is 786 g/mol. The van der Waals surface area contributed by atoms with Crippen molar-refractivity contribution in [3.8, 4) is 0 Å². The minimum atomic E-state index is -4.38. The summed E-state index contributed by atoms with van der Waals surface area (Å²) in [7, 11) is -0.732. The van der Waals surface area contributed by atoms with E-state index in [1.165, 1.54) is 109 Å². The summed E-state index contributed by atoms with van der Waals surface area (Å²) in [4.78, 5) is 37.2. The minimum absolute atomic E-state index is 0.000367. The lowest BCUT2D eigenvalue weighted by atomic mass is 10.1. The highest BCUT2D eigenvalue weighted by molar-refractivity contribution is 7.47. The van der Waals surface area contributed by atoms with Gasteiger partial charge in [0.1, 0.15) is 6.61 Å². The lowest BCUT2D eigenvalue weighted by Gasteiger charge is -2.20. The summed E-state index contributed by atoms with van der Waals surface area (Å²) in [5, 5.41) is 0. The molecule has 0 saturated carbocycles. The quantitative estimate of drug-likeness (QED) is 0.0277. The van der Waals surface area contributed by atoms with Crippen molar-refractivity contribution in [3.05, 3.63) is 60.8 Å². The van der Waals surface area contributed by atoms with E-state index in [1.807, 2.05) is 19.0 Å². The maximum atomic E-state index is 12.7. The van der Waals surface area contributed by atoms with Gasteiger partial charge in [0.05, 0.1) is 13.2 Å². The van der Waals surface area contributed by atoms with E-state index in [2.05, 4.69) is 74.6 Å². The van der Waals surface area contributed by atoms with Crippen molar-refractivity contribution in [2.24, 2.45) is 0 Å². The van der Waals surface area contributed by atoms with Crippen molar-refractivity contribution in [1.82, 2.24) is 4.90 Å². The molecule has 0 aliphatic heterocycles.